The van der Waals surface area contributed by atoms with Crippen molar-refractivity contribution in [3.05, 3.63) is 65.2 Å². The van der Waals surface area contributed by atoms with Gasteiger partial charge in [-0.3, -0.25) is 0 Å². The first-order valence-electron chi connectivity index (χ1n) is 9.69. The van der Waals surface area contributed by atoms with E-state index in [2.05, 4.69) is 0 Å². The molecule has 0 bridgehead atoms. The Balaban J connectivity index is 1.50. The maximum absolute atomic E-state index is 12.3. The van der Waals surface area contributed by atoms with Crippen LogP contribution in [-0.4, -0.2) is 70.3 Å². The summed E-state index contributed by atoms with van der Waals surface area (Å²) in [5.74, 6) is -0.00587. The van der Waals surface area contributed by atoms with Gasteiger partial charge in [-0.15, -0.1) is 0 Å². The first-order chi connectivity index (χ1) is 14.4. The third-order valence-corrected chi connectivity index (χ3v) is 5.02. The molecule has 3 rings (SSSR count). The van der Waals surface area contributed by atoms with E-state index in [0.717, 1.165) is 11.1 Å². The Morgan fingerprint density at radius 3 is 2.37 bits per heavy atom. The zero-order chi connectivity index (χ0) is 21.7. The van der Waals surface area contributed by atoms with Crippen molar-refractivity contribution in [1.29, 1.82) is 0 Å². The molecule has 0 amide bonds. The summed E-state index contributed by atoms with van der Waals surface area (Å²) in [6.45, 7) is 1.51. The predicted octanol–water partition coefficient (Wildman–Crippen LogP) is 0.573. The van der Waals surface area contributed by atoms with Crippen LogP contribution in [0.25, 0.3) is 0 Å². The van der Waals surface area contributed by atoms with E-state index in [4.69, 9.17) is 14.2 Å². The van der Waals surface area contributed by atoms with Gasteiger partial charge in [0.15, 0.2) is 6.29 Å². The number of aliphatic hydroxyl groups excluding tert-OH is 4. The molecule has 8 nitrogen and oxygen atoms in total. The highest BCUT2D eigenvalue weighted by Gasteiger charge is 2.43. The monoisotopic (exact) mass is 418 g/mol. The van der Waals surface area contributed by atoms with Gasteiger partial charge in [0.2, 0.25) is 0 Å². The van der Waals surface area contributed by atoms with Crippen molar-refractivity contribution in [2.24, 2.45) is 0 Å². The zero-order valence-electron chi connectivity index (χ0n) is 16.5. The van der Waals surface area contributed by atoms with Gasteiger partial charge in [-0.05, 0) is 42.7 Å². The fourth-order valence-electron chi connectivity index (χ4n) is 3.19. The topological polar surface area (TPSA) is 126 Å². The molecule has 0 unspecified atom stereocenters. The van der Waals surface area contributed by atoms with E-state index in [9.17, 15) is 25.2 Å². The molecule has 0 saturated carbocycles. The van der Waals surface area contributed by atoms with Crippen LogP contribution >= 0.6 is 0 Å². The summed E-state index contributed by atoms with van der Waals surface area (Å²) in [5.41, 5.74) is 2.24. The molecule has 162 valence electrons. The lowest BCUT2D eigenvalue weighted by Gasteiger charge is -2.39. The van der Waals surface area contributed by atoms with Crippen molar-refractivity contribution in [2.45, 2.75) is 44.1 Å². The van der Waals surface area contributed by atoms with E-state index >= 15 is 0 Å². The average molecular weight is 418 g/mol. The van der Waals surface area contributed by atoms with Crippen molar-refractivity contribution < 1.29 is 39.4 Å². The summed E-state index contributed by atoms with van der Waals surface area (Å²) in [7, 11) is 0. The number of hydrogen-bond donors (Lipinski definition) is 4. The van der Waals surface area contributed by atoms with E-state index in [1.165, 1.54) is 0 Å². The van der Waals surface area contributed by atoms with E-state index in [1.807, 2.05) is 19.1 Å². The minimum absolute atomic E-state index is 0.172. The molecule has 5 atom stereocenters. The molecule has 1 saturated heterocycles. The number of carbonyl (C=O) groups excluding carboxylic acids is 1. The average Bonchev–Trinajstić information content (AvgIpc) is 2.75. The van der Waals surface area contributed by atoms with Gasteiger partial charge in [0, 0.05) is 0 Å². The Labute approximate surface area is 174 Å². The molecule has 0 aromatic heterocycles. The van der Waals surface area contributed by atoms with Gasteiger partial charge in [-0.1, -0.05) is 30.3 Å². The Morgan fingerprint density at radius 1 is 1.00 bits per heavy atom. The molecule has 1 fully saturated rings. The number of ether oxygens (including phenoxy) is 3. The number of aryl methyl sites for hydroxylation is 1. The molecule has 1 heterocycles. The number of hydrogen-bond acceptors (Lipinski definition) is 8. The van der Waals surface area contributed by atoms with Crippen LogP contribution in [0.1, 0.15) is 21.5 Å². The minimum Gasteiger partial charge on any atom is -0.423 e. The highest BCUT2D eigenvalue weighted by molar-refractivity contribution is 5.92. The summed E-state index contributed by atoms with van der Waals surface area (Å²) >= 11 is 0. The van der Waals surface area contributed by atoms with Crippen molar-refractivity contribution in [1.82, 2.24) is 0 Å². The first kappa shape index (κ1) is 22.4. The Morgan fingerprint density at radius 2 is 1.70 bits per heavy atom. The van der Waals surface area contributed by atoms with Crippen LogP contribution in [0.4, 0.5) is 0 Å². The van der Waals surface area contributed by atoms with Gasteiger partial charge in [-0.2, -0.15) is 0 Å². The van der Waals surface area contributed by atoms with Crippen molar-refractivity contribution in [3.8, 4) is 5.75 Å². The lowest BCUT2D eigenvalue weighted by atomic mass is 9.99. The van der Waals surface area contributed by atoms with Crippen LogP contribution in [-0.2, 0) is 15.9 Å². The Bertz CT molecular complexity index is 835. The number of benzene rings is 2. The van der Waals surface area contributed by atoms with Crippen LogP contribution < -0.4 is 4.74 Å². The van der Waals surface area contributed by atoms with Crippen LogP contribution in [0.2, 0.25) is 0 Å². The molecule has 2 aromatic carbocycles. The normalized spacial score (nSPS) is 26.4. The van der Waals surface area contributed by atoms with Gasteiger partial charge < -0.3 is 34.6 Å². The van der Waals surface area contributed by atoms with Crippen molar-refractivity contribution in [2.75, 3.05) is 13.2 Å². The number of rotatable bonds is 7. The van der Waals surface area contributed by atoms with Crippen LogP contribution in [0.3, 0.4) is 0 Å². The fourth-order valence-corrected chi connectivity index (χ4v) is 3.19. The van der Waals surface area contributed by atoms with Crippen LogP contribution in [0.5, 0.6) is 5.75 Å². The maximum atomic E-state index is 12.3. The van der Waals surface area contributed by atoms with Gasteiger partial charge in [-0.25, -0.2) is 4.79 Å². The first-order valence-corrected chi connectivity index (χ1v) is 9.69. The second-order valence-corrected chi connectivity index (χ2v) is 7.17. The van der Waals surface area contributed by atoms with Gasteiger partial charge >= 0.3 is 5.97 Å². The lowest BCUT2D eigenvalue weighted by molar-refractivity contribution is -0.300. The van der Waals surface area contributed by atoms with Crippen molar-refractivity contribution in [3.63, 3.8) is 0 Å². The highest BCUT2D eigenvalue weighted by Crippen LogP contribution is 2.22. The molecule has 0 spiro atoms. The summed E-state index contributed by atoms with van der Waals surface area (Å²) in [4.78, 5) is 12.3. The predicted molar refractivity (Wildman–Crippen MR) is 106 cm³/mol. The number of carbonyl (C=O) groups is 1. The largest absolute Gasteiger partial charge is 0.423 e. The quantitative estimate of drug-likeness (QED) is 0.380. The smallest absolute Gasteiger partial charge is 0.343 e. The van der Waals surface area contributed by atoms with Gasteiger partial charge in [0.1, 0.15) is 30.2 Å². The molecule has 1 aliphatic rings. The van der Waals surface area contributed by atoms with E-state index in [1.54, 1.807) is 36.4 Å². The maximum Gasteiger partial charge on any atom is 0.343 e. The van der Waals surface area contributed by atoms with Crippen molar-refractivity contribution >= 4 is 5.97 Å². The van der Waals surface area contributed by atoms with Gasteiger partial charge in [0.25, 0.3) is 0 Å². The van der Waals surface area contributed by atoms with Crippen LogP contribution in [0.15, 0.2) is 48.5 Å². The van der Waals surface area contributed by atoms with Crippen LogP contribution in [0, 0.1) is 6.92 Å². The molecule has 1 aliphatic heterocycles. The molecular formula is C22H26O8. The lowest BCUT2D eigenvalue weighted by Crippen LogP contribution is -2.59. The highest BCUT2D eigenvalue weighted by atomic mass is 16.7. The molecule has 4 N–H and O–H groups in total. The van der Waals surface area contributed by atoms with E-state index < -0.39 is 43.3 Å². The molecule has 30 heavy (non-hydrogen) atoms. The van der Waals surface area contributed by atoms with Gasteiger partial charge in [0.05, 0.1) is 18.8 Å². The van der Waals surface area contributed by atoms with E-state index in [0.29, 0.717) is 17.7 Å². The Kier molecular flexibility index (Phi) is 7.54. The molecule has 0 radical (unpaired) electrons. The standard InChI is InChI=1S/C22H26O8/c1-13-4-2-3-5-16(13)21(27)29-15-8-6-14(7-9-15)10-11-28-22-20(26)19(25)18(24)17(12-23)30-22/h2-9,17-20,22-26H,10-12H2,1H3/t17-,18-,19+,20-,22-/m1/s1. The molecule has 8 heteroatoms. The second-order valence-electron chi connectivity index (χ2n) is 7.17. The third kappa shape index (κ3) is 5.23. The summed E-state index contributed by atoms with van der Waals surface area (Å²) in [6, 6.07) is 14.1. The second kappa shape index (κ2) is 10.1. The molecule has 0 aliphatic carbocycles. The van der Waals surface area contributed by atoms with E-state index in [-0.39, 0.29) is 6.61 Å². The molecular weight excluding hydrogens is 392 g/mol. The number of esters is 1. The SMILES string of the molecule is Cc1ccccc1C(=O)Oc1ccc(CCO[C@@H]2O[C@H](CO)[C@@H](O)[C@H](O)[C@H]2O)cc1. The fraction of sp³-hybridized carbons (Fsp3) is 0.409. The zero-order valence-corrected chi connectivity index (χ0v) is 16.5. The summed E-state index contributed by atoms with van der Waals surface area (Å²) < 4.78 is 16.2. The number of aliphatic hydroxyl groups is 4. The molecule has 2 aromatic rings. The third-order valence-electron chi connectivity index (χ3n) is 5.02. The minimum atomic E-state index is -1.47. The summed E-state index contributed by atoms with van der Waals surface area (Å²) in [5, 5.41) is 38.7. The summed E-state index contributed by atoms with van der Waals surface area (Å²) in [6.07, 6.45) is -6.00. The Hall–Kier alpha value is -2.33.